The first kappa shape index (κ1) is 23.4. The van der Waals surface area contributed by atoms with Gasteiger partial charge in [-0.05, 0) is 29.9 Å². The van der Waals surface area contributed by atoms with Crippen LogP contribution in [0.4, 0.5) is 0 Å². The van der Waals surface area contributed by atoms with Crippen LogP contribution in [-0.4, -0.2) is 35.3 Å². The number of imidazole rings is 1. The quantitative estimate of drug-likeness (QED) is 0.390. The number of amides is 1. The van der Waals surface area contributed by atoms with Gasteiger partial charge in [0.25, 0.3) is 5.91 Å². The van der Waals surface area contributed by atoms with Crippen molar-refractivity contribution in [3.63, 3.8) is 0 Å². The lowest BCUT2D eigenvalue weighted by atomic mass is 9.95. The minimum Gasteiger partial charge on any atom is -0.328 e. The second-order valence-corrected chi connectivity index (χ2v) is 11.2. The molecule has 1 amide bonds. The standard InChI is InChI=1S/C25H29N3O3S2/c1-2-15-27(24(29)23-14-9-16-32-23)18-22-17-26-25(28(22)21-12-7-4-8-13-21)33(30,31)19-20-10-5-3-6-11-20/h2-3,5-6,9-11,14,16-17,21H,1,4,7-8,12-13,15,18-19H2. The van der Waals surface area contributed by atoms with Crippen molar-refractivity contribution in [1.82, 2.24) is 14.5 Å². The number of rotatable bonds is 9. The van der Waals surface area contributed by atoms with Crippen LogP contribution in [0.2, 0.25) is 0 Å². The highest BCUT2D eigenvalue weighted by Crippen LogP contribution is 2.33. The summed E-state index contributed by atoms with van der Waals surface area (Å²) in [7, 11) is -3.65. The van der Waals surface area contributed by atoms with E-state index in [1.54, 1.807) is 23.2 Å². The van der Waals surface area contributed by atoms with Gasteiger partial charge in [-0.2, -0.15) is 0 Å². The fourth-order valence-corrected chi connectivity index (χ4v) is 6.67. The first-order valence-electron chi connectivity index (χ1n) is 11.3. The number of thiophene rings is 1. The minimum atomic E-state index is -3.65. The second-order valence-electron chi connectivity index (χ2n) is 8.39. The summed E-state index contributed by atoms with van der Waals surface area (Å²) in [5, 5.41) is 1.98. The molecule has 1 saturated carbocycles. The molecule has 1 aromatic carbocycles. The third-order valence-electron chi connectivity index (χ3n) is 5.98. The molecule has 6 nitrogen and oxygen atoms in total. The van der Waals surface area contributed by atoms with E-state index in [-0.39, 0.29) is 29.4 Å². The molecule has 0 radical (unpaired) electrons. The van der Waals surface area contributed by atoms with Crippen molar-refractivity contribution in [2.45, 2.75) is 55.6 Å². The van der Waals surface area contributed by atoms with E-state index >= 15 is 0 Å². The van der Waals surface area contributed by atoms with Gasteiger partial charge in [0.2, 0.25) is 15.0 Å². The Balaban J connectivity index is 1.69. The highest BCUT2D eigenvalue weighted by atomic mass is 32.2. The molecule has 1 aliphatic carbocycles. The monoisotopic (exact) mass is 483 g/mol. The molecule has 0 aliphatic heterocycles. The number of hydrogen-bond donors (Lipinski definition) is 0. The van der Waals surface area contributed by atoms with Crippen molar-refractivity contribution < 1.29 is 13.2 Å². The van der Waals surface area contributed by atoms with Crippen LogP contribution in [0.3, 0.4) is 0 Å². The van der Waals surface area contributed by atoms with Crippen molar-refractivity contribution in [2.75, 3.05) is 6.54 Å². The van der Waals surface area contributed by atoms with Crippen molar-refractivity contribution in [1.29, 1.82) is 0 Å². The fraction of sp³-hybridized carbons (Fsp3) is 0.360. The summed E-state index contributed by atoms with van der Waals surface area (Å²) in [6.07, 6.45) is 8.43. The molecule has 0 bridgehead atoms. The molecule has 0 spiro atoms. The number of sulfone groups is 1. The highest BCUT2D eigenvalue weighted by molar-refractivity contribution is 7.90. The molecule has 2 heterocycles. The summed E-state index contributed by atoms with van der Waals surface area (Å²) in [4.78, 5) is 19.8. The van der Waals surface area contributed by atoms with Gasteiger partial charge < -0.3 is 9.47 Å². The van der Waals surface area contributed by atoms with Crippen LogP contribution < -0.4 is 0 Å². The Morgan fingerprint density at radius 1 is 1.15 bits per heavy atom. The summed E-state index contributed by atoms with van der Waals surface area (Å²) >= 11 is 1.39. The predicted octanol–water partition coefficient (Wildman–Crippen LogP) is 5.25. The highest BCUT2D eigenvalue weighted by Gasteiger charge is 2.30. The molecule has 0 unspecified atom stereocenters. The maximum Gasteiger partial charge on any atom is 0.264 e. The zero-order valence-electron chi connectivity index (χ0n) is 18.6. The van der Waals surface area contributed by atoms with Crippen LogP contribution in [0.15, 0.2) is 71.9 Å². The van der Waals surface area contributed by atoms with Crippen molar-refractivity contribution in [3.05, 3.63) is 82.8 Å². The van der Waals surface area contributed by atoms with Gasteiger partial charge in [0.15, 0.2) is 0 Å². The summed E-state index contributed by atoms with van der Waals surface area (Å²) < 4.78 is 28.8. The number of carbonyl (C=O) groups excluding carboxylic acids is 1. The Morgan fingerprint density at radius 3 is 2.58 bits per heavy atom. The predicted molar refractivity (Wildman–Crippen MR) is 131 cm³/mol. The Hall–Kier alpha value is -2.71. The van der Waals surface area contributed by atoms with E-state index in [0.29, 0.717) is 11.4 Å². The van der Waals surface area contributed by atoms with E-state index in [4.69, 9.17) is 0 Å². The van der Waals surface area contributed by atoms with Crippen molar-refractivity contribution >= 4 is 27.1 Å². The Morgan fingerprint density at radius 2 is 1.91 bits per heavy atom. The van der Waals surface area contributed by atoms with Crippen molar-refractivity contribution in [3.8, 4) is 0 Å². The molecule has 2 aromatic heterocycles. The Kier molecular flexibility index (Phi) is 7.45. The lowest BCUT2D eigenvalue weighted by Crippen LogP contribution is -2.32. The molecule has 4 rings (SSSR count). The van der Waals surface area contributed by atoms with Gasteiger partial charge in [-0.15, -0.1) is 17.9 Å². The van der Waals surface area contributed by atoms with Gasteiger partial charge in [-0.1, -0.05) is 61.7 Å². The average molecular weight is 484 g/mol. The topological polar surface area (TPSA) is 72.3 Å². The number of nitrogens with zero attached hydrogens (tertiary/aromatic N) is 3. The molecule has 174 valence electrons. The van der Waals surface area contributed by atoms with Crippen LogP contribution in [0.1, 0.15) is 59.1 Å². The average Bonchev–Trinajstić information content (AvgIpc) is 3.50. The molecule has 0 atom stereocenters. The van der Waals surface area contributed by atoms with Crippen molar-refractivity contribution in [2.24, 2.45) is 0 Å². The van der Waals surface area contributed by atoms with Crippen LogP contribution in [0.25, 0.3) is 0 Å². The molecule has 1 aliphatic rings. The van der Waals surface area contributed by atoms with Gasteiger partial charge in [0.05, 0.1) is 29.1 Å². The molecular formula is C25H29N3O3S2. The smallest absolute Gasteiger partial charge is 0.264 e. The maximum atomic E-state index is 13.4. The van der Waals surface area contributed by atoms with Crippen LogP contribution in [0, 0.1) is 0 Å². The number of hydrogen-bond acceptors (Lipinski definition) is 5. The van der Waals surface area contributed by atoms with Crippen LogP contribution in [-0.2, 0) is 22.1 Å². The zero-order chi connectivity index (χ0) is 23.3. The summed E-state index contributed by atoms with van der Waals surface area (Å²) in [6.45, 7) is 4.46. The molecule has 8 heteroatoms. The van der Waals surface area contributed by atoms with E-state index in [2.05, 4.69) is 11.6 Å². The first-order valence-corrected chi connectivity index (χ1v) is 13.8. The van der Waals surface area contributed by atoms with Gasteiger partial charge >= 0.3 is 0 Å². The zero-order valence-corrected chi connectivity index (χ0v) is 20.2. The summed E-state index contributed by atoms with van der Waals surface area (Å²) in [5.74, 6) is -0.184. The third kappa shape index (κ3) is 5.45. The van der Waals surface area contributed by atoms with E-state index in [1.807, 2.05) is 46.3 Å². The number of carbonyl (C=O) groups is 1. The maximum absolute atomic E-state index is 13.4. The largest absolute Gasteiger partial charge is 0.328 e. The van der Waals surface area contributed by atoms with Gasteiger partial charge in [0, 0.05) is 12.6 Å². The van der Waals surface area contributed by atoms with E-state index < -0.39 is 9.84 Å². The molecule has 0 N–H and O–H groups in total. The molecular weight excluding hydrogens is 454 g/mol. The lowest BCUT2D eigenvalue weighted by Gasteiger charge is -2.28. The molecule has 1 fully saturated rings. The van der Waals surface area contributed by atoms with Gasteiger partial charge in [-0.25, -0.2) is 13.4 Å². The Bertz CT molecular complexity index is 1180. The van der Waals surface area contributed by atoms with E-state index in [0.717, 1.165) is 43.4 Å². The van der Waals surface area contributed by atoms with E-state index in [9.17, 15) is 13.2 Å². The Labute approximate surface area is 199 Å². The lowest BCUT2D eigenvalue weighted by molar-refractivity contribution is 0.0762. The second kappa shape index (κ2) is 10.5. The first-order chi connectivity index (χ1) is 16.0. The number of benzene rings is 1. The minimum absolute atomic E-state index is 0.0687. The van der Waals surface area contributed by atoms with Gasteiger partial charge in [0.1, 0.15) is 0 Å². The summed E-state index contributed by atoms with van der Waals surface area (Å²) in [5.41, 5.74) is 1.48. The third-order valence-corrected chi connectivity index (χ3v) is 8.41. The van der Waals surface area contributed by atoms with Gasteiger partial charge in [-0.3, -0.25) is 4.79 Å². The number of aromatic nitrogens is 2. The summed E-state index contributed by atoms with van der Waals surface area (Å²) in [6, 6.07) is 12.9. The molecule has 0 saturated heterocycles. The SMILES string of the molecule is C=CCN(Cc1cnc(S(=O)(=O)Cc2ccccc2)n1C1CCCCC1)C(=O)c1cccs1. The van der Waals surface area contributed by atoms with E-state index in [1.165, 1.54) is 11.3 Å². The normalized spacial score (nSPS) is 14.8. The van der Waals surface area contributed by atoms with Crippen LogP contribution in [0.5, 0.6) is 0 Å². The fourth-order valence-electron chi connectivity index (χ4n) is 4.44. The van der Waals surface area contributed by atoms with Crippen LogP contribution >= 0.6 is 11.3 Å². The molecule has 3 aromatic rings. The molecule has 33 heavy (non-hydrogen) atoms.